The van der Waals surface area contributed by atoms with Gasteiger partial charge in [0, 0.05) is 36.6 Å². The van der Waals surface area contributed by atoms with Gasteiger partial charge in [0.1, 0.15) is 5.58 Å². The zero-order valence-corrected chi connectivity index (χ0v) is 40.4. The average molecular weight is 1020 g/mol. The molecule has 0 unspecified atom stereocenters. The molecule has 6 aromatic carbocycles. The van der Waals surface area contributed by atoms with Crippen LogP contribution in [0.25, 0.3) is 72.4 Å². The van der Waals surface area contributed by atoms with Crippen LogP contribution < -0.4 is 4.40 Å². The Labute approximate surface area is 370 Å². The SMILES string of the molecule is CC(C)c1cccc(C(C)C)c1-n1c(-c2[c-]ccc3c2oc2cc4c(cc23)-c2ccccc2C4(C)C)nc2ccccc21.[CH3][Ge]([CH3])([CH3])[c]1ccc(-c2[c-]cccc2)nc1.[Ir]. The summed E-state index contributed by atoms with van der Waals surface area (Å²) in [5.41, 5.74) is 15.8. The summed E-state index contributed by atoms with van der Waals surface area (Å²) in [5.74, 6) is 8.70. The predicted molar refractivity (Wildman–Crippen MR) is 250 cm³/mol. The predicted octanol–water partition coefficient (Wildman–Crippen LogP) is 14.0. The van der Waals surface area contributed by atoms with Gasteiger partial charge in [-0.15, -0.1) is 18.2 Å². The molecule has 0 aliphatic heterocycles. The van der Waals surface area contributed by atoms with Gasteiger partial charge in [-0.25, -0.2) is 0 Å². The summed E-state index contributed by atoms with van der Waals surface area (Å²) < 4.78 is 10.6. The second-order valence-electron chi connectivity index (χ2n) is 18.1. The number of furan rings is 1. The number of aromatic nitrogens is 3. The van der Waals surface area contributed by atoms with E-state index in [1.165, 1.54) is 43.5 Å². The van der Waals surface area contributed by atoms with E-state index in [9.17, 15) is 0 Å². The van der Waals surface area contributed by atoms with Crippen molar-refractivity contribution in [1.29, 1.82) is 0 Å². The fourth-order valence-corrected chi connectivity index (χ4v) is 11.0. The Balaban J connectivity index is 0.000000248. The van der Waals surface area contributed by atoms with Crippen LogP contribution in [0.3, 0.4) is 0 Å². The Morgan fingerprint density at radius 3 is 2.08 bits per heavy atom. The molecule has 0 bridgehead atoms. The normalized spacial score (nSPS) is 13.1. The number of hydrogen-bond donors (Lipinski definition) is 0. The standard InChI is InChI=1S/C40H35N2O.C14H16GeN.Ir/c1-23(2)25-14-11-15-26(24(3)4)37(25)42-35-20-10-9-19-34(35)41-39(42)29-17-12-16-28-31-21-30-27-13-7-8-18-32(27)40(5,6)33(30)22-36(31)43-38(28)29;1-15(2,3)13-9-10-14(16-11-13)12-7-5-4-6-8-12;/h7-16,18-24H,1-6H3;4-7,9-11H,1-3H3;/q2*-1;. The zero-order valence-electron chi connectivity index (χ0n) is 35.9. The number of nitrogens with zero attached hydrogens (tertiary/aromatic N) is 3. The summed E-state index contributed by atoms with van der Waals surface area (Å²) in [6.45, 7) is 13.7. The molecule has 10 rings (SSSR count). The molecule has 0 atom stereocenters. The largest absolute Gasteiger partial charge is 0 e. The second kappa shape index (κ2) is 16.1. The maximum atomic E-state index is 6.81. The average Bonchev–Trinajstić information content (AvgIpc) is 3.87. The molecule has 1 aliphatic carbocycles. The third-order valence-corrected chi connectivity index (χ3v) is 16.4. The maximum absolute atomic E-state index is 6.81. The van der Waals surface area contributed by atoms with E-state index in [4.69, 9.17) is 9.40 Å². The van der Waals surface area contributed by atoms with E-state index in [-0.39, 0.29) is 25.5 Å². The van der Waals surface area contributed by atoms with Gasteiger partial charge in [-0.1, -0.05) is 107 Å². The summed E-state index contributed by atoms with van der Waals surface area (Å²) in [4.78, 5) is 9.80. The monoisotopic (exact) mass is 1020 g/mol. The molecular formula is C54H51GeIrN3O-2. The third-order valence-electron chi connectivity index (χ3n) is 12.1. The van der Waals surface area contributed by atoms with E-state index in [0.29, 0.717) is 11.8 Å². The molecule has 4 nitrogen and oxygen atoms in total. The van der Waals surface area contributed by atoms with Crippen LogP contribution in [0.5, 0.6) is 0 Å². The van der Waals surface area contributed by atoms with Crippen LogP contribution in [0, 0.1) is 12.1 Å². The van der Waals surface area contributed by atoms with Gasteiger partial charge in [-0.05, 0) is 69.5 Å². The number of rotatable bonds is 6. The molecule has 60 heavy (non-hydrogen) atoms. The van der Waals surface area contributed by atoms with Gasteiger partial charge < -0.3 is 8.98 Å². The minimum absolute atomic E-state index is 0. The molecule has 0 saturated carbocycles. The van der Waals surface area contributed by atoms with E-state index < -0.39 is 13.3 Å². The van der Waals surface area contributed by atoms with Crippen LogP contribution in [-0.2, 0) is 25.5 Å². The number of pyridine rings is 1. The molecule has 6 heteroatoms. The summed E-state index contributed by atoms with van der Waals surface area (Å²) >= 11 is -1.72. The molecule has 0 saturated heterocycles. The van der Waals surface area contributed by atoms with Crippen molar-refractivity contribution in [2.75, 3.05) is 0 Å². The number of fused-ring (bicyclic) bond motifs is 7. The summed E-state index contributed by atoms with van der Waals surface area (Å²) in [5, 5.41) is 2.22. The maximum Gasteiger partial charge on any atom is 0 e. The third kappa shape index (κ3) is 7.19. The molecule has 1 radical (unpaired) electrons. The van der Waals surface area contributed by atoms with Crippen molar-refractivity contribution >= 4 is 50.6 Å². The van der Waals surface area contributed by atoms with Crippen LogP contribution in [-0.4, -0.2) is 27.8 Å². The molecule has 9 aromatic rings. The summed E-state index contributed by atoms with van der Waals surface area (Å²) in [6, 6.07) is 51.8. The Morgan fingerprint density at radius 1 is 0.683 bits per heavy atom. The summed E-state index contributed by atoms with van der Waals surface area (Å²) in [7, 11) is 0. The van der Waals surface area contributed by atoms with Crippen molar-refractivity contribution in [3.63, 3.8) is 0 Å². The quantitative estimate of drug-likeness (QED) is 0.123. The molecule has 0 N–H and O–H groups in total. The van der Waals surface area contributed by atoms with Crippen LogP contribution in [0.2, 0.25) is 17.3 Å². The zero-order chi connectivity index (χ0) is 41.2. The molecule has 303 valence electrons. The molecule has 0 amide bonds. The second-order valence-corrected chi connectivity index (χ2v) is 28.7. The van der Waals surface area contributed by atoms with E-state index in [1.54, 1.807) is 0 Å². The van der Waals surface area contributed by atoms with Crippen LogP contribution in [0.15, 0.2) is 138 Å². The first-order valence-corrected chi connectivity index (χ1v) is 28.2. The van der Waals surface area contributed by atoms with E-state index in [0.717, 1.165) is 55.6 Å². The molecular weight excluding hydrogens is 971 g/mol. The Morgan fingerprint density at radius 2 is 1.40 bits per heavy atom. The first-order chi connectivity index (χ1) is 28.3. The minimum Gasteiger partial charge on any atom is 0 e. The topological polar surface area (TPSA) is 43.9 Å². The van der Waals surface area contributed by atoms with Gasteiger partial charge in [0.15, 0.2) is 0 Å². The van der Waals surface area contributed by atoms with Crippen molar-refractivity contribution in [3.05, 3.63) is 168 Å². The van der Waals surface area contributed by atoms with Gasteiger partial charge in [0.2, 0.25) is 0 Å². The van der Waals surface area contributed by atoms with Crippen molar-refractivity contribution < 1.29 is 24.5 Å². The fraction of sp³-hybridized carbons (Fsp3) is 0.222. The molecule has 1 aliphatic rings. The fourth-order valence-electron chi connectivity index (χ4n) is 8.84. The number of hydrogen-bond acceptors (Lipinski definition) is 3. The first-order valence-electron chi connectivity index (χ1n) is 20.9. The van der Waals surface area contributed by atoms with E-state index >= 15 is 0 Å². The van der Waals surface area contributed by atoms with Crippen molar-refractivity contribution in [2.24, 2.45) is 0 Å². The Kier molecular flexibility index (Phi) is 11.2. The number of benzene rings is 6. The molecule has 3 aromatic heterocycles. The molecule has 3 heterocycles. The molecule has 0 fully saturated rings. The Hall–Kier alpha value is -5.07. The van der Waals surface area contributed by atoms with E-state index in [2.05, 4.69) is 178 Å². The number of para-hydroxylation sites is 3. The van der Waals surface area contributed by atoms with Crippen LogP contribution in [0.1, 0.15) is 75.6 Å². The van der Waals surface area contributed by atoms with Crippen LogP contribution in [0.4, 0.5) is 0 Å². The van der Waals surface area contributed by atoms with Crippen molar-refractivity contribution in [2.45, 2.75) is 76.1 Å². The van der Waals surface area contributed by atoms with Gasteiger partial charge >= 0.3 is 99.8 Å². The van der Waals surface area contributed by atoms with Gasteiger partial charge in [0.05, 0.1) is 22.4 Å². The van der Waals surface area contributed by atoms with Gasteiger partial charge in [-0.3, -0.25) is 4.98 Å². The molecule has 0 spiro atoms. The van der Waals surface area contributed by atoms with Gasteiger partial charge in [0.25, 0.3) is 0 Å². The minimum atomic E-state index is -1.72. The van der Waals surface area contributed by atoms with E-state index in [1.807, 2.05) is 36.5 Å². The smallest absolute Gasteiger partial charge is 0 e. The summed E-state index contributed by atoms with van der Waals surface area (Å²) in [6.07, 6.45) is 2.04. The van der Waals surface area contributed by atoms with Crippen molar-refractivity contribution in [1.82, 2.24) is 14.5 Å². The van der Waals surface area contributed by atoms with Crippen molar-refractivity contribution in [3.8, 4) is 39.5 Å². The van der Waals surface area contributed by atoms with Gasteiger partial charge in [-0.2, -0.15) is 0 Å². The van der Waals surface area contributed by atoms with Crippen LogP contribution >= 0.6 is 0 Å². The first kappa shape index (κ1) is 41.7. The number of imidazole rings is 1. The Bertz CT molecular complexity index is 2980.